The summed E-state index contributed by atoms with van der Waals surface area (Å²) in [7, 11) is 1.94. The quantitative estimate of drug-likeness (QED) is 0.898. The van der Waals surface area contributed by atoms with Crippen LogP contribution >= 0.6 is 0 Å². The fourth-order valence-electron chi connectivity index (χ4n) is 2.34. The van der Waals surface area contributed by atoms with Crippen LogP contribution in [0.15, 0.2) is 18.2 Å². The highest BCUT2D eigenvalue weighted by atomic mass is 16.5. The second-order valence-electron chi connectivity index (χ2n) is 4.60. The molecule has 1 heterocycles. The Hall–Kier alpha value is -2.06. The zero-order chi connectivity index (χ0) is 13.8. The molecule has 2 rings (SSSR count). The van der Waals surface area contributed by atoms with Crippen molar-refractivity contribution in [1.29, 1.82) is 5.26 Å². The summed E-state index contributed by atoms with van der Waals surface area (Å²) in [4.78, 5) is 13.0. The fourth-order valence-corrected chi connectivity index (χ4v) is 2.34. The molecule has 0 aliphatic carbocycles. The van der Waals surface area contributed by atoms with E-state index in [1.54, 1.807) is 6.07 Å². The van der Waals surface area contributed by atoms with E-state index in [0.29, 0.717) is 11.6 Å². The Kier molecular flexibility index (Phi) is 4.03. The lowest BCUT2D eigenvalue weighted by Gasteiger charge is -2.33. The molecule has 0 amide bonds. The van der Waals surface area contributed by atoms with E-state index in [9.17, 15) is 10.1 Å². The second-order valence-corrected chi connectivity index (χ2v) is 4.60. The standard InChI is InChI=1S/C14H16N2O3/c1-16(12-4-6-19-7-5-12)13-3-2-10(14(17)18)8-11(13)9-15/h2-3,8,12H,4-7H2,1H3,(H,17,18). The predicted octanol–water partition coefficient (Wildman–Crippen LogP) is 1.87. The number of ether oxygens (including phenoxy) is 1. The van der Waals surface area contributed by atoms with Crippen LogP contribution in [0.25, 0.3) is 0 Å². The SMILES string of the molecule is CN(c1ccc(C(=O)O)cc1C#N)C1CCOCC1. The third-order valence-electron chi connectivity index (χ3n) is 3.48. The molecule has 0 aromatic heterocycles. The van der Waals surface area contributed by atoms with E-state index in [4.69, 9.17) is 9.84 Å². The minimum atomic E-state index is -1.02. The van der Waals surface area contributed by atoms with Gasteiger partial charge in [0.2, 0.25) is 0 Å². The molecule has 19 heavy (non-hydrogen) atoms. The van der Waals surface area contributed by atoms with E-state index in [-0.39, 0.29) is 5.56 Å². The summed E-state index contributed by atoms with van der Waals surface area (Å²) in [5, 5.41) is 18.1. The summed E-state index contributed by atoms with van der Waals surface area (Å²) in [5.74, 6) is -1.02. The minimum Gasteiger partial charge on any atom is -0.478 e. The van der Waals surface area contributed by atoms with Crippen LogP contribution in [-0.4, -0.2) is 37.4 Å². The number of rotatable bonds is 3. The molecule has 0 spiro atoms. The summed E-state index contributed by atoms with van der Waals surface area (Å²) >= 11 is 0. The van der Waals surface area contributed by atoms with Gasteiger partial charge in [-0.2, -0.15) is 5.26 Å². The highest BCUT2D eigenvalue weighted by Gasteiger charge is 2.21. The monoisotopic (exact) mass is 260 g/mol. The number of hydrogen-bond acceptors (Lipinski definition) is 4. The number of hydrogen-bond donors (Lipinski definition) is 1. The molecular weight excluding hydrogens is 244 g/mol. The summed E-state index contributed by atoms with van der Waals surface area (Å²) in [6.45, 7) is 1.45. The maximum Gasteiger partial charge on any atom is 0.335 e. The molecule has 0 atom stereocenters. The maximum absolute atomic E-state index is 10.9. The van der Waals surface area contributed by atoms with E-state index in [2.05, 4.69) is 6.07 Å². The highest BCUT2D eigenvalue weighted by molar-refractivity contribution is 5.89. The molecule has 1 aliphatic heterocycles. The number of carbonyl (C=O) groups is 1. The lowest BCUT2D eigenvalue weighted by molar-refractivity contribution is 0.0697. The molecule has 1 aromatic rings. The molecule has 0 radical (unpaired) electrons. The van der Waals surface area contributed by atoms with Gasteiger partial charge in [0.25, 0.3) is 0 Å². The van der Waals surface area contributed by atoms with Crippen LogP contribution in [0.5, 0.6) is 0 Å². The Morgan fingerprint density at radius 2 is 2.16 bits per heavy atom. The van der Waals surface area contributed by atoms with Crippen molar-refractivity contribution in [3.8, 4) is 6.07 Å². The molecule has 1 aromatic carbocycles. The van der Waals surface area contributed by atoms with Gasteiger partial charge < -0.3 is 14.7 Å². The van der Waals surface area contributed by atoms with E-state index in [0.717, 1.165) is 31.7 Å². The fraction of sp³-hybridized carbons (Fsp3) is 0.429. The Morgan fingerprint density at radius 1 is 1.47 bits per heavy atom. The van der Waals surface area contributed by atoms with Crippen LogP contribution < -0.4 is 4.90 Å². The van der Waals surface area contributed by atoms with Crippen LogP contribution in [0.4, 0.5) is 5.69 Å². The molecule has 0 saturated carbocycles. The van der Waals surface area contributed by atoms with Crippen molar-refractivity contribution in [2.45, 2.75) is 18.9 Å². The van der Waals surface area contributed by atoms with Crippen molar-refractivity contribution in [3.63, 3.8) is 0 Å². The largest absolute Gasteiger partial charge is 0.478 e. The van der Waals surface area contributed by atoms with Crippen LogP contribution in [0.1, 0.15) is 28.8 Å². The molecule has 5 heteroatoms. The first kappa shape index (κ1) is 13.4. The van der Waals surface area contributed by atoms with Crippen molar-refractivity contribution in [2.24, 2.45) is 0 Å². The third kappa shape index (κ3) is 2.85. The number of benzene rings is 1. The Labute approximate surface area is 112 Å². The molecule has 1 N–H and O–H groups in total. The van der Waals surface area contributed by atoms with Gasteiger partial charge in [-0.15, -0.1) is 0 Å². The van der Waals surface area contributed by atoms with Gasteiger partial charge in [-0.1, -0.05) is 0 Å². The van der Waals surface area contributed by atoms with Crippen LogP contribution in [0.3, 0.4) is 0 Å². The summed E-state index contributed by atoms with van der Waals surface area (Å²) in [6, 6.07) is 7.07. The number of nitriles is 1. The minimum absolute atomic E-state index is 0.140. The Bertz CT molecular complexity index is 516. The average Bonchev–Trinajstić information content (AvgIpc) is 2.46. The van der Waals surface area contributed by atoms with E-state index in [1.165, 1.54) is 12.1 Å². The van der Waals surface area contributed by atoms with Crippen LogP contribution in [0, 0.1) is 11.3 Å². The lowest BCUT2D eigenvalue weighted by Crippen LogP contribution is -2.37. The van der Waals surface area contributed by atoms with E-state index < -0.39 is 5.97 Å². The summed E-state index contributed by atoms with van der Waals surface area (Å²) in [6.07, 6.45) is 1.84. The molecule has 100 valence electrons. The first-order chi connectivity index (χ1) is 9.13. The molecule has 0 unspecified atom stereocenters. The molecule has 0 bridgehead atoms. The number of carboxylic acid groups (broad SMARTS) is 1. The smallest absolute Gasteiger partial charge is 0.335 e. The first-order valence-corrected chi connectivity index (χ1v) is 6.21. The van der Waals surface area contributed by atoms with E-state index in [1.807, 2.05) is 11.9 Å². The lowest BCUT2D eigenvalue weighted by atomic mass is 10.0. The molecule has 1 fully saturated rings. The number of aromatic carboxylic acids is 1. The van der Waals surface area contributed by atoms with Crippen molar-refractivity contribution in [1.82, 2.24) is 0 Å². The molecule has 1 saturated heterocycles. The zero-order valence-corrected chi connectivity index (χ0v) is 10.8. The maximum atomic E-state index is 10.9. The van der Waals surface area contributed by atoms with E-state index >= 15 is 0 Å². The zero-order valence-electron chi connectivity index (χ0n) is 10.8. The van der Waals surface area contributed by atoms with Crippen molar-refractivity contribution in [3.05, 3.63) is 29.3 Å². The topological polar surface area (TPSA) is 73.6 Å². The number of carboxylic acids is 1. The van der Waals surface area contributed by atoms with Gasteiger partial charge in [0.15, 0.2) is 0 Å². The van der Waals surface area contributed by atoms with Gasteiger partial charge in [-0.25, -0.2) is 4.79 Å². The van der Waals surface area contributed by atoms with Crippen LogP contribution in [-0.2, 0) is 4.74 Å². The van der Waals surface area contributed by atoms with Gasteiger partial charge >= 0.3 is 5.97 Å². The molecular formula is C14H16N2O3. The number of nitrogens with zero attached hydrogens (tertiary/aromatic N) is 2. The van der Waals surface area contributed by atoms with Gasteiger partial charge in [-0.3, -0.25) is 0 Å². The van der Waals surface area contributed by atoms with Gasteiger partial charge in [-0.05, 0) is 31.0 Å². The van der Waals surface area contributed by atoms with Gasteiger partial charge in [0.1, 0.15) is 6.07 Å². The summed E-state index contributed by atoms with van der Waals surface area (Å²) in [5.41, 5.74) is 1.31. The van der Waals surface area contributed by atoms with Crippen LogP contribution in [0.2, 0.25) is 0 Å². The second kappa shape index (κ2) is 5.72. The highest BCUT2D eigenvalue weighted by Crippen LogP contribution is 2.25. The molecule has 1 aliphatic rings. The first-order valence-electron chi connectivity index (χ1n) is 6.21. The van der Waals surface area contributed by atoms with Crippen molar-refractivity contribution >= 4 is 11.7 Å². The third-order valence-corrected chi connectivity index (χ3v) is 3.48. The molecule has 5 nitrogen and oxygen atoms in total. The Balaban J connectivity index is 2.28. The predicted molar refractivity (Wildman–Crippen MR) is 70.4 cm³/mol. The van der Waals surface area contributed by atoms with Gasteiger partial charge in [0, 0.05) is 26.3 Å². The van der Waals surface area contributed by atoms with Gasteiger partial charge in [0.05, 0.1) is 16.8 Å². The van der Waals surface area contributed by atoms with Crippen molar-refractivity contribution in [2.75, 3.05) is 25.2 Å². The van der Waals surface area contributed by atoms with Crippen molar-refractivity contribution < 1.29 is 14.6 Å². The normalized spacial score (nSPS) is 15.8. The average molecular weight is 260 g/mol. The summed E-state index contributed by atoms with van der Waals surface area (Å²) < 4.78 is 5.32. The number of anilines is 1. The Morgan fingerprint density at radius 3 is 2.74 bits per heavy atom.